The number of ether oxygens (including phenoxy) is 3. The lowest BCUT2D eigenvalue weighted by atomic mass is 10.1. The predicted octanol–water partition coefficient (Wildman–Crippen LogP) is 7.28. The molecule has 8 heteroatoms. The summed E-state index contributed by atoms with van der Waals surface area (Å²) in [5.41, 5.74) is 1.75. The van der Waals surface area contributed by atoms with Crippen LogP contribution < -0.4 is 14.2 Å². The molecule has 0 saturated heterocycles. The van der Waals surface area contributed by atoms with Crippen LogP contribution in [0.15, 0.2) is 64.8 Å². The van der Waals surface area contributed by atoms with Crippen LogP contribution in [0.2, 0.25) is 10.0 Å². The van der Waals surface area contributed by atoms with Crippen LogP contribution in [0.3, 0.4) is 0 Å². The van der Waals surface area contributed by atoms with Gasteiger partial charge in [-0.05, 0) is 61.9 Å². The molecule has 4 aromatic rings. The quantitative estimate of drug-likeness (QED) is 0.160. The van der Waals surface area contributed by atoms with Gasteiger partial charge in [-0.25, -0.2) is 4.79 Å². The van der Waals surface area contributed by atoms with Crippen molar-refractivity contribution in [1.29, 1.82) is 0 Å². The van der Waals surface area contributed by atoms with Gasteiger partial charge in [0, 0.05) is 11.5 Å². The molecule has 6 nitrogen and oxygen atoms in total. The molecule has 0 fully saturated rings. The monoisotopic (exact) mass is 508 g/mol. The Labute approximate surface area is 210 Å². The van der Waals surface area contributed by atoms with Gasteiger partial charge < -0.3 is 18.6 Å². The van der Waals surface area contributed by atoms with Crippen LogP contribution in [-0.2, 0) is 0 Å². The van der Waals surface area contributed by atoms with Crippen LogP contribution in [0.25, 0.3) is 17.0 Å². The number of esters is 1. The zero-order valence-electron chi connectivity index (χ0n) is 18.7. The summed E-state index contributed by atoms with van der Waals surface area (Å²) in [4.78, 5) is 25.8. The first-order valence-electron chi connectivity index (χ1n) is 10.8. The Kier molecular flexibility index (Phi) is 6.01. The fraction of sp³-hybridized carbons (Fsp3) is 0.111. The van der Waals surface area contributed by atoms with E-state index in [9.17, 15) is 9.59 Å². The van der Waals surface area contributed by atoms with E-state index in [0.29, 0.717) is 55.8 Å². The van der Waals surface area contributed by atoms with Gasteiger partial charge in [0.05, 0.1) is 22.2 Å². The summed E-state index contributed by atoms with van der Waals surface area (Å²) in [6.45, 7) is 4.07. The van der Waals surface area contributed by atoms with Crippen LogP contribution in [0.5, 0.6) is 17.2 Å². The second-order valence-corrected chi connectivity index (χ2v) is 8.54. The van der Waals surface area contributed by atoms with Gasteiger partial charge in [-0.2, -0.15) is 0 Å². The molecule has 5 rings (SSSR count). The van der Waals surface area contributed by atoms with Gasteiger partial charge >= 0.3 is 5.97 Å². The minimum absolute atomic E-state index is 0.0905. The number of allylic oxidation sites excluding steroid dienone is 1. The van der Waals surface area contributed by atoms with Crippen molar-refractivity contribution >= 4 is 52.0 Å². The van der Waals surface area contributed by atoms with Crippen LogP contribution >= 0.6 is 23.2 Å². The molecule has 2 heterocycles. The molecule has 0 saturated carbocycles. The van der Waals surface area contributed by atoms with Crippen molar-refractivity contribution in [2.75, 3.05) is 6.61 Å². The van der Waals surface area contributed by atoms with E-state index in [2.05, 4.69) is 0 Å². The Hall–Kier alpha value is -3.74. The summed E-state index contributed by atoms with van der Waals surface area (Å²) < 4.78 is 22.6. The second-order valence-electron chi connectivity index (χ2n) is 7.75. The molecule has 0 bridgehead atoms. The number of halogens is 2. The number of benzene rings is 3. The van der Waals surface area contributed by atoms with Gasteiger partial charge in [0.25, 0.3) is 0 Å². The fourth-order valence-electron chi connectivity index (χ4n) is 3.87. The highest BCUT2D eigenvalue weighted by Gasteiger charge is 2.29. The van der Waals surface area contributed by atoms with Crippen molar-refractivity contribution in [3.63, 3.8) is 0 Å². The maximum Gasteiger partial charge on any atom is 0.347 e. The van der Waals surface area contributed by atoms with E-state index < -0.39 is 5.97 Å². The molecular weight excluding hydrogens is 491 g/mol. The number of hydrogen-bond donors (Lipinski definition) is 0. The lowest BCUT2D eigenvalue weighted by Gasteiger charge is -2.06. The molecule has 1 aliphatic heterocycles. The van der Waals surface area contributed by atoms with Crippen molar-refractivity contribution < 1.29 is 28.2 Å². The summed E-state index contributed by atoms with van der Waals surface area (Å²) in [7, 11) is 0. The largest absolute Gasteiger partial charge is 0.494 e. The highest BCUT2D eigenvalue weighted by Crippen LogP contribution is 2.37. The van der Waals surface area contributed by atoms with E-state index >= 15 is 0 Å². The number of carbonyl (C=O) groups is 2. The van der Waals surface area contributed by atoms with Gasteiger partial charge in [0.2, 0.25) is 5.78 Å². The summed E-state index contributed by atoms with van der Waals surface area (Å²) in [6, 6.07) is 15.0. The lowest BCUT2D eigenvalue weighted by Crippen LogP contribution is -2.09. The fourth-order valence-corrected chi connectivity index (χ4v) is 4.23. The third-order valence-electron chi connectivity index (χ3n) is 5.47. The molecule has 1 aliphatic rings. The zero-order chi connectivity index (χ0) is 24.7. The van der Waals surface area contributed by atoms with Crippen LogP contribution in [0, 0.1) is 6.92 Å². The van der Waals surface area contributed by atoms with E-state index in [1.54, 1.807) is 49.4 Å². The summed E-state index contributed by atoms with van der Waals surface area (Å²) >= 11 is 12.3. The molecule has 0 unspecified atom stereocenters. The Morgan fingerprint density at radius 2 is 1.86 bits per heavy atom. The summed E-state index contributed by atoms with van der Waals surface area (Å²) in [5.74, 6) is 0.728. The number of furan rings is 1. The van der Waals surface area contributed by atoms with Crippen molar-refractivity contribution in [3.8, 4) is 17.2 Å². The van der Waals surface area contributed by atoms with Gasteiger partial charge in [-0.3, -0.25) is 4.79 Å². The third-order valence-corrected chi connectivity index (χ3v) is 6.30. The van der Waals surface area contributed by atoms with Crippen molar-refractivity contribution in [3.05, 3.63) is 92.9 Å². The van der Waals surface area contributed by atoms with Crippen molar-refractivity contribution in [2.24, 2.45) is 0 Å². The Bertz CT molecular complexity index is 1530. The van der Waals surface area contributed by atoms with Crippen molar-refractivity contribution in [1.82, 2.24) is 0 Å². The Morgan fingerprint density at radius 3 is 2.66 bits per heavy atom. The molecule has 1 aromatic heterocycles. The molecular formula is C27H18Cl2O6. The van der Waals surface area contributed by atoms with E-state index in [-0.39, 0.29) is 23.0 Å². The molecule has 176 valence electrons. The first kappa shape index (κ1) is 23.0. The highest BCUT2D eigenvalue weighted by atomic mass is 35.5. The maximum absolute atomic E-state index is 13.0. The third kappa shape index (κ3) is 4.27. The average molecular weight is 509 g/mol. The average Bonchev–Trinajstić information content (AvgIpc) is 3.32. The number of Topliss-reactive ketones (excluding diaryl/α,β-unsaturated/α-hetero) is 1. The summed E-state index contributed by atoms with van der Waals surface area (Å²) in [6.07, 6.45) is 1.53. The zero-order valence-corrected chi connectivity index (χ0v) is 20.2. The topological polar surface area (TPSA) is 75.0 Å². The van der Waals surface area contributed by atoms with Gasteiger partial charge in [-0.15, -0.1) is 0 Å². The molecule has 3 aromatic carbocycles. The number of ketones is 1. The van der Waals surface area contributed by atoms with Gasteiger partial charge in [-0.1, -0.05) is 35.3 Å². The molecule has 0 aliphatic carbocycles. The van der Waals surface area contributed by atoms with E-state index in [1.807, 2.05) is 6.92 Å². The van der Waals surface area contributed by atoms with E-state index in [4.69, 9.17) is 41.8 Å². The molecule has 0 spiro atoms. The predicted molar refractivity (Wildman–Crippen MR) is 133 cm³/mol. The number of aryl methyl sites for hydroxylation is 1. The van der Waals surface area contributed by atoms with Crippen LogP contribution in [0.4, 0.5) is 0 Å². The number of rotatable bonds is 5. The van der Waals surface area contributed by atoms with E-state index in [1.165, 1.54) is 18.2 Å². The first-order chi connectivity index (χ1) is 16.9. The van der Waals surface area contributed by atoms with Crippen LogP contribution in [0.1, 0.15) is 39.0 Å². The normalized spacial score (nSPS) is 13.7. The first-order valence-corrected chi connectivity index (χ1v) is 11.5. The minimum Gasteiger partial charge on any atom is -0.494 e. The maximum atomic E-state index is 13.0. The highest BCUT2D eigenvalue weighted by molar-refractivity contribution is 6.43. The minimum atomic E-state index is -0.597. The Morgan fingerprint density at radius 1 is 1.06 bits per heavy atom. The number of carbonyl (C=O) groups excluding carboxylic acids is 2. The lowest BCUT2D eigenvalue weighted by molar-refractivity contribution is 0.0734. The number of hydrogen-bond acceptors (Lipinski definition) is 6. The Balaban J connectivity index is 1.41. The van der Waals surface area contributed by atoms with Crippen LogP contribution in [-0.4, -0.2) is 18.4 Å². The SMILES string of the molecule is CCOc1ccc2oc(C)c(C(=O)Oc3ccc4c(c3)OC(=Cc3cccc(Cl)c3Cl)C4=O)c2c1. The smallest absolute Gasteiger partial charge is 0.347 e. The molecule has 0 N–H and O–H groups in total. The molecule has 35 heavy (non-hydrogen) atoms. The standard InChI is InChI=1S/C27H18Cl2O6/c1-3-32-16-8-10-21-19(12-16)24(14(2)33-21)27(31)34-17-7-9-18-22(13-17)35-23(26(18)30)11-15-5-4-6-20(28)25(15)29/h4-13H,3H2,1-2H3. The van der Waals surface area contributed by atoms with Gasteiger partial charge in [0.15, 0.2) is 5.76 Å². The molecule has 0 radical (unpaired) electrons. The molecule has 0 atom stereocenters. The van der Waals surface area contributed by atoms with Crippen molar-refractivity contribution in [2.45, 2.75) is 13.8 Å². The molecule has 0 amide bonds. The number of fused-ring (bicyclic) bond motifs is 2. The van der Waals surface area contributed by atoms with Gasteiger partial charge in [0.1, 0.15) is 34.2 Å². The second kappa shape index (κ2) is 9.13. The summed E-state index contributed by atoms with van der Waals surface area (Å²) in [5, 5.41) is 1.28. The van der Waals surface area contributed by atoms with E-state index in [0.717, 1.165) is 0 Å².